The van der Waals surface area contributed by atoms with Gasteiger partial charge in [-0.25, -0.2) is 8.42 Å². The Morgan fingerprint density at radius 1 is 1.10 bits per heavy atom. The Balaban J connectivity index is 1.06. The topological polar surface area (TPSA) is 152 Å². The number of allylic oxidation sites excluding steroid dienone is 2. The maximum atomic E-state index is 12.8. The zero-order chi connectivity index (χ0) is 37.7. The van der Waals surface area contributed by atoms with Crippen LogP contribution in [0.25, 0.3) is 0 Å². The molecule has 2 fully saturated rings. The van der Waals surface area contributed by atoms with Gasteiger partial charge in [0.05, 0.1) is 16.7 Å². The van der Waals surface area contributed by atoms with Gasteiger partial charge in [-0.3, -0.25) is 19.1 Å². The van der Waals surface area contributed by atoms with Crippen LogP contribution in [-0.2, 0) is 28.9 Å². The van der Waals surface area contributed by atoms with E-state index in [0.717, 1.165) is 57.3 Å². The summed E-state index contributed by atoms with van der Waals surface area (Å²) in [6.45, 7) is 17.5. The maximum Gasteiger partial charge on any atom is 0.415 e. The molecule has 1 saturated heterocycles. The Morgan fingerprint density at radius 3 is 2.44 bits per heavy atom. The van der Waals surface area contributed by atoms with E-state index in [2.05, 4.69) is 59.3 Å². The zero-order valence-electron chi connectivity index (χ0n) is 29.7. The first-order valence-corrected chi connectivity index (χ1v) is 19.5. The number of sulfone groups is 1. The van der Waals surface area contributed by atoms with Crippen LogP contribution in [0, 0.1) is 40.2 Å². The van der Waals surface area contributed by atoms with Gasteiger partial charge in [-0.1, -0.05) is 67.3 Å². The van der Waals surface area contributed by atoms with Crippen molar-refractivity contribution in [3.63, 3.8) is 0 Å². The van der Waals surface area contributed by atoms with Gasteiger partial charge in [-0.15, -0.1) is 18.2 Å². The molecule has 3 atom stereocenters. The first kappa shape index (κ1) is 40.6. The molecule has 0 spiro atoms. The second-order valence-corrected chi connectivity index (χ2v) is 15.7. The molecule has 0 bridgehead atoms. The lowest BCUT2D eigenvalue weighted by Gasteiger charge is -2.45. The molecule has 1 aromatic heterocycles. The lowest BCUT2D eigenvalue weighted by Crippen LogP contribution is -2.39. The molecule has 1 aliphatic carbocycles. The average Bonchev–Trinajstić information content (AvgIpc) is 3.53. The fourth-order valence-corrected chi connectivity index (χ4v) is 8.18. The van der Waals surface area contributed by atoms with Gasteiger partial charge in [0, 0.05) is 25.3 Å². The summed E-state index contributed by atoms with van der Waals surface area (Å²) in [5.41, 5.74) is 2.36. The molecule has 1 saturated carbocycles. The Hall–Kier alpha value is -4.12. The molecule has 2 aromatic rings. The van der Waals surface area contributed by atoms with Crippen LogP contribution in [0.5, 0.6) is 5.88 Å². The van der Waals surface area contributed by atoms with Crippen molar-refractivity contribution in [3.8, 4) is 17.7 Å². The Labute approximate surface area is 311 Å². The Kier molecular flexibility index (Phi) is 14.9. The van der Waals surface area contributed by atoms with Crippen molar-refractivity contribution in [1.82, 2.24) is 10.1 Å². The molecule has 4 rings (SSSR count). The van der Waals surface area contributed by atoms with Crippen molar-refractivity contribution < 1.29 is 41.7 Å². The zero-order valence-corrected chi connectivity index (χ0v) is 31.3. The SMILES string of the molecule is C=C[C@]1(C)CC[C@@H](C(=C)CN2CCC(COC(=O)CCCC(=O)OCC#CCOc3no[n+]([O-])c3S(=O)(=O)c3ccccc3)CC2)C[C@H]1C(=C)CCl. The van der Waals surface area contributed by atoms with E-state index in [4.69, 9.17) is 25.8 Å². The lowest BCUT2D eigenvalue weighted by molar-refractivity contribution is -0.832. The third kappa shape index (κ3) is 10.9. The van der Waals surface area contributed by atoms with Gasteiger partial charge in [0.1, 0.15) is 0 Å². The van der Waals surface area contributed by atoms with Gasteiger partial charge >= 0.3 is 22.8 Å². The second kappa shape index (κ2) is 19.1. The van der Waals surface area contributed by atoms with E-state index in [1.54, 1.807) is 6.07 Å². The third-order valence-electron chi connectivity index (χ3n) is 10.00. The fourth-order valence-electron chi connectivity index (χ4n) is 6.70. The van der Waals surface area contributed by atoms with E-state index < -0.39 is 26.7 Å². The van der Waals surface area contributed by atoms with Crippen molar-refractivity contribution in [2.24, 2.45) is 23.2 Å². The Morgan fingerprint density at radius 2 is 1.77 bits per heavy atom. The van der Waals surface area contributed by atoms with Crippen LogP contribution in [0.2, 0.25) is 0 Å². The number of piperidine rings is 1. The smallest absolute Gasteiger partial charge is 0.415 e. The third-order valence-corrected chi connectivity index (χ3v) is 12.1. The number of benzene rings is 1. The fraction of sp³-hybridized carbons (Fsp3) is 0.526. The van der Waals surface area contributed by atoms with Crippen LogP contribution in [0.1, 0.15) is 58.3 Å². The van der Waals surface area contributed by atoms with Gasteiger partial charge in [0.15, 0.2) is 13.2 Å². The molecule has 12 nitrogen and oxygen atoms in total. The largest absolute Gasteiger partial charge is 0.465 e. The molecular formula is C38H48ClN3O9S. The standard InChI is InChI=1S/C38H48ClN3O9S/c1-5-38(4)19-16-31(24-33(38)28(2)25-39)29(3)26-41-20-17-30(18-21-41)27-50-35(44)15-11-14-34(43)48-22-9-10-23-49-36-37(42(45)51-40-36)52(46,47)32-12-7-6-8-13-32/h5-8,12-13,30-31,33H,1-3,11,14-27H2,4H3/t31-,33+,38-/m1/s1. The minimum atomic E-state index is -4.25. The first-order valence-electron chi connectivity index (χ1n) is 17.4. The molecule has 14 heteroatoms. The number of rotatable bonds is 17. The molecule has 0 N–H and O–H groups in total. The molecule has 1 aromatic carbocycles. The number of ether oxygens (including phenoxy) is 3. The highest BCUT2D eigenvalue weighted by Crippen LogP contribution is 2.49. The number of likely N-dealkylation sites (tertiary alicyclic amines) is 1. The number of nitrogens with zero attached hydrogens (tertiary/aromatic N) is 3. The molecule has 2 aliphatic rings. The number of halogens is 1. The summed E-state index contributed by atoms with van der Waals surface area (Å²) < 4.78 is 45.7. The van der Waals surface area contributed by atoms with Gasteiger partial charge in [-0.05, 0) is 91.8 Å². The molecule has 0 unspecified atom stereocenters. The van der Waals surface area contributed by atoms with Crippen LogP contribution in [-0.4, -0.2) is 75.7 Å². The maximum absolute atomic E-state index is 12.8. The number of aromatic nitrogens is 2. The summed E-state index contributed by atoms with van der Waals surface area (Å²) in [5, 5.41) is 14.5. The molecule has 282 valence electrons. The van der Waals surface area contributed by atoms with Crippen molar-refractivity contribution in [2.75, 3.05) is 45.3 Å². The summed E-state index contributed by atoms with van der Waals surface area (Å²) in [4.78, 5) is 26.4. The number of carbonyl (C=O) groups is 2. The minimum Gasteiger partial charge on any atom is -0.465 e. The van der Waals surface area contributed by atoms with Crippen LogP contribution < -0.4 is 9.64 Å². The van der Waals surface area contributed by atoms with Crippen molar-refractivity contribution in [1.29, 1.82) is 0 Å². The lowest BCUT2D eigenvalue weighted by atomic mass is 9.61. The Bertz CT molecular complexity index is 1740. The van der Waals surface area contributed by atoms with E-state index in [0.29, 0.717) is 30.2 Å². The van der Waals surface area contributed by atoms with Crippen LogP contribution in [0.15, 0.2) is 81.8 Å². The molecule has 0 radical (unpaired) electrons. The number of carbonyl (C=O) groups excluding carboxylic acids is 2. The number of hydrogen-bond donors (Lipinski definition) is 0. The minimum absolute atomic E-state index is 0.0211. The predicted molar refractivity (Wildman–Crippen MR) is 194 cm³/mol. The van der Waals surface area contributed by atoms with Gasteiger partial charge in [0.25, 0.3) is 9.84 Å². The van der Waals surface area contributed by atoms with Crippen molar-refractivity contribution in [3.05, 3.63) is 72.5 Å². The van der Waals surface area contributed by atoms with E-state index in [1.807, 2.05) is 0 Å². The van der Waals surface area contributed by atoms with Gasteiger partial charge < -0.3 is 19.4 Å². The second-order valence-electron chi connectivity index (χ2n) is 13.6. The van der Waals surface area contributed by atoms with E-state index in [-0.39, 0.29) is 53.7 Å². The van der Waals surface area contributed by atoms with Gasteiger partial charge in [-0.2, -0.15) is 0 Å². The molecule has 52 heavy (non-hydrogen) atoms. The molecular weight excluding hydrogens is 710 g/mol. The van der Waals surface area contributed by atoms with Crippen molar-refractivity contribution >= 4 is 33.4 Å². The van der Waals surface area contributed by atoms with Crippen LogP contribution in [0.4, 0.5) is 0 Å². The van der Waals surface area contributed by atoms with E-state index >= 15 is 0 Å². The number of esters is 2. The molecule has 0 amide bonds. The summed E-state index contributed by atoms with van der Waals surface area (Å²) in [6.07, 6.45) is 7.49. The molecule has 1 aliphatic heterocycles. The predicted octanol–water partition coefficient (Wildman–Crippen LogP) is 5.45. The van der Waals surface area contributed by atoms with Crippen LogP contribution >= 0.6 is 11.6 Å². The quantitative estimate of drug-likeness (QED) is 0.0666. The highest BCUT2D eigenvalue weighted by atomic mass is 35.5. The highest BCUT2D eigenvalue weighted by molar-refractivity contribution is 7.91. The monoisotopic (exact) mass is 757 g/mol. The number of hydrogen-bond acceptors (Lipinski definition) is 11. The average molecular weight is 758 g/mol. The summed E-state index contributed by atoms with van der Waals surface area (Å²) >= 11 is 6.17. The van der Waals surface area contributed by atoms with Crippen LogP contribution in [0.3, 0.4) is 0 Å². The summed E-state index contributed by atoms with van der Waals surface area (Å²) in [7, 11) is -4.25. The summed E-state index contributed by atoms with van der Waals surface area (Å²) in [5.74, 6) is 5.20. The normalized spacial score (nSPS) is 21.0. The molecule has 2 heterocycles. The number of alkyl halides is 1. The van der Waals surface area contributed by atoms with E-state index in [9.17, 15) is 23.2 Å². The summed E-state index contributed by atoms with van der Waals surface area (Å²) in [6, 6.07) is 7.28. The highest BCUT2D eigenvalue weighted by Gasteiger charge is 2.40. The van der Waals surface area contributed by atoms with Gasteiger partial charge in [0.2, 0.25) is 0 Å². The van der Waals surface area contributed by atoms with Crippen molar-refractivity contribution in [2.45, 2.75) is 68.2 Å². The first-order chi connectivity index (χ1) is 24.9. The van der Waals surface area contributed by atoms with E-state index in [1.165, 1.54) is 29.8 Å².